The fourth-order valence-electron chi connectivity index (χ4n) is 2.76. The second-order valence-corrected chi connectivity index (χ2v) is 6.05. The van der Waals surface area contributed by atoms with Crippen molar-refractivity contribution in [3.05, 3.63) is 36.3 Å². The third kappa shape index (κ3) is 4.28. The van der Waals surface area contributed by atoms with E-state index < -0.39 is 17.5 Å². The van der Waals surface area contributed by atoms with Crippen LogP contribution in [0.5, 0.6) is 0 Å². The fraction of sp³-hybridized carbons (Fsp3) is 0.471. The van der Waals surface area contributed by atoms with Crippen LogP contribution in [-0.4, -0.2) is 47.4 Å². The highest BCUT2D eigenvalue weighted by Crippen LogP contribution is 2.31. The first-order chi connectivity index (χ1) is 12.4. The Morgan fingerprint density at radius 2 is 2.04 bits per heavy atom. The zero-order valence-corrected chi connectivity index (χ0v) is 14.2. The van der Waals surface area contributed by atoms with Gasteiger partial charge in [-0.15, -0.1) is 0 Å². The van der Waals surface area contributed by atoms with E-state index in [4.69, 9.17) is 9.47 Å². The molecule has 26 heavy (non-hydrogen) atoms. The topological polar surface area (TPSA) is 69.2 Å². The van der Waals surface area contributed by atoms with Crippen LogP contribution < -0.4 is 5.32 Å². The van der Waals surface area contributed by atoms with E-state index in [1.807, 2.05) is 0 Å². The standard InChI is InChI=1S/C17H19F3N4O2/c1-25-16(4-7-26-8-5-16)11-22-14-9-13(17(18,19)20)23-15(24-14)12-3-2-6-21-10-12/h2-3,6,9-10H,4-5,7-8,11H2,1H3,(H,22,23,24). The molecule has 0 bridgehead atoms. The summed E-state index contributed by atoms with van der Waals surface area (Å²) in [6.45, 7) is 1.43. The molecule has 1 saturated heterocycles. The number of hydrogen-bond donors (Lipinski definition) is 1. The Morgan fingerprint density at radius 3 is 2.65 bits per heavy atom. The highest BCUT2D eigenvalue weighted by molar-refractivity contribution is 5.56. The molecule has 0 aliphatic carbocycles. The van der Waals surface area contributed by atoms with Crippen molar-refractivity contribution in [3.63, 3.8) is 0 Å². The summed E-state index contributed by atoms with van der Waals surface area (Å²) in [5.41, 5.74) is -1.09. The smallest absolute Gasteiger partial charge is 0.381 e. The molecule has 6 nitrogen and oxygen atoms in total. The molecule has 2 aromatic heterocycles. The molecular weight excluding hydrogens is 349 g/mol. The van der Waals surface area contributed by atoms with Crippen molar-refractivity contribution in [1.82, 2.24) is 15.0 Å². The maximum Gasteiger partial charge on any atom is 0.433 e. The second-order valence-electron chi connectivity index (χ2n) is 6.05. The Kier molecular flexibility index (Phi) is 5.38. The van der Waals surface area contributed by atoms with Crippen LogP contribution in [0.4, 0.5) is 19.0 Å². The predicted molar refractivity (Wildman–Crippen MR) is 88.5 cm³/mol. The van der Waals surface area contributed by atoms with E-state index in [1.54, 1.807) is 19.2 Å². The molecule has 3 rings (SSSR count). The van der Waals surface area contributed by atoms with Gasteiger partial charge in [-0.05, 0) is 12.1 Å². The molecule has 0 amide bonds. The molecule has 9 heteroatoms. The molecular formula is C17H19F3N4O2. The molecule has 0 saturated carbocycles. The molecule has 0 radical (unpaired) electrons. The van der Waals surface area contributed by atoms with Crippen LogP contribution in [0.25, 0.3) is 11.4 Å². The van der Waals surface area contributed by atoms with Crippen LogP contribution in [0.15, 0.2) is 30.6 Å². The highest BCUT2D eigenvalue weighted by Gasteiger charge is 2.35. The first kappa shape index (κ1) is 18.5. The normalized spacial score (nSPS) is 17.1. The van der Waals surface area contributed by atoms with Crippen molar-refractivity contribution in [2.45, 2.75) is 24.6 Å². The van der Waals surface area contributed by atoms with E-state index in [2.05, 4.69) is 20.3 Å². The molecule has 0 unspecified atom stereocenters. The van der Waals surface area contributed by atoms with Crippen LogP contribution in [0, 0.1) is 0 Å². The third-order valence-corrected chi connectivity index (χ3v) is 4.37. The maximum absolute atomic E-state index is 13.2. The number of aromatic nitrogens is 3. The SMILES string of the molecule is COC1(CNc2cc(C(F)(F)F)nc(-c3cccnc3)n2)CCOCC1. The molecule has 0 aromatic carbocycles. The van der Waals surface area contributed by atoms with Gasteiger partial charge in [-0.1, -0.05) is 0 Å². The van der Waals surface area contributed by atoms with Gasteiger partial charge in [-0.2, -0.15) is 13.2 Å². The zero-order valence-electron chi connectivity index (χ0n) is 14.2. The predicted octanol–water partition coefficient (Wildman–Crippen LogP) is 3.16. The van der Waals surface area contributed by atoms with Gasteiger partial charge in [0.1, 0.15) is 5.82 Å². The number of methoxy groups -OCH3 is 1. The van der Waals surface area contributed by atoms with Crippen molar-refractivity contribution in [1.29, 1.82) is 0 Å². The Labute approximate surface area is 148 Å². The maximum atomic E-state index is 13.2. The average molecular weight is 368 g/mol. The van der Waals surface area contributed by atoms with Crippen LogP contribution in [0.1, 0.15) is 18.5 Å². The highest BCUT2D eigenvalue weighted by atomic mass is 19.4. The number of rotatable bonds is 5. The zero-order chi connectivity index (χ0) is 18.6. The molecule has 3 heterocycles. The first-order valence-electron chi connectivity index (χ1n) is 8.15. The summed E-state index contributed by atoms with van der Waals surface area (Å²) in [4.78, 5) is 11.8. The number of alkyl halides is 3. The minimum atomic E-state index is -4.58. The molecule has 1 aliphatic rings. The van der Waals surface area contributed by atoms with E-state index in [0.29, 0.717) is 38.2 Å². The molecule has 1 fully saturated rings. The summed E-state index contributed by atoms with van der Waals surface area (Å²) in [5, 5.41) is 2.98. The lowest BCUT2D eigenvalue weighted by Gasteiger charge is -2.36. The Balaban J connectivity index is 1.88. The molecule has 1 aliphatic heterocycles. The van der Waals surface area contributed by atoms with E-state index in [-0.39, 0.29) is 11.6 Å². The van der Waals surface area contributed by atoms with Gasteiger partial charge >= 0.3 is 6.18 Å². The van der Waals surface area contributed by atoms with Gasteiger partial charge in [-0.3, -0.25) is 4.98 Å². The Morgan fingerprint density at radius 1 is 1.27 bits per heavy atom. The minimum Gasteiger partial charge on any atom is -0.381 e. The summed E-state index contributed by atoms with van der Waals surface area (Å²) >= 11 is 0. The molecule has 0 spiro atoms. The van der Waals surface area contributed by atoms with E-state index in [0.717, 1.165) is 6.07 Å². The summed E-state index contributed by atoms with van der Waals surface area (Å²) in [7, 11) is 1.59. The minimum absolute atomic E-state index is 0.0335. The number of halogens is 3. The number of anilines is 1. The van der Waals surface area contributed by atoms with Gasteiger partial charge in [0.2, 0.25) is 0 Å². The average Bonchev–Trinajstić information content (AvgIpc) is 2.67. The molecule has 140 valence electrons. The number of nitrogens with one attached hydrogen (secondary N) is 1. The quantitative estimate of drug-likeness (QED) is 0.874. The van der Waals surface area contributed by atoms with Crippen molar-refractivity contribution >= 4 is 5.82 Å². The monoisotopic (exact) mass is 368 g/mol. The lowest BCUT2D eigenvalue weighted by molar-refractivity contribution is -0.141. The first-order valence-corrected chi connectivity index (χ1v) is 8.15. The van der Waals surface area contributed by atoms with Gasteiger partial charge in [0, 0.05) is 63.7 Å². The number of pyridine rings is 1. The van der Waals surface area contributed by atoms with Crippen molar-refractivity contribution in [3.8, 4) is 11.4 Å². The summed E-state index contributed by atoms with van der Waals surface area (Å²) in [5.74, 6) is 0.0583. The number of nitrogens with zero attached hydrogens (tertiary/aromatic N) is 3. The number of hydrogen-bond acceptors (Lipinski definition) is 6. The third-order valence-electron chi connectivity index (χ3n) is 4.37. The summed E-state index contributed by atoms with van der Waals surface area (Å²) in [6.07, 6.45) is -0.307. The van der Waals surface area contributed by atoms with Crippen molar-refractivity contribution in [2.24, 2.45) is 0 Å². The van der Waals surface area contributed by atoms with Gasteiger partial charge in [-0.25, -0.2) is 9.97 Å². The molecule has 2 aromatic rings. The van der Waals surface area contributed by atoms with Crippen molar-refractivity contribution in [2.75, 3.05) is 32.2 Å². The summed E-state index contributed by atoms with van der Waals surface area (Å²) in [6, 6.07) is 4.14. The van der Waals surface area contributed by atoms with E-state index >= 15 is 0 Å². The lowest BCUT2D eigenvalue weighted by Crippen LogP contribution is -2.44. The van der Waals surface area contributed by atoms with Crippen LogP contribution in [-0.2, 0) is 15.7 Å². The van der Waals surface area contributed by atoms with Crippen LogP contribution >= 0.6 is 0 Å². The molecule has 0 atom stereocenters. The van der Waals surface area contributed by atoms with E-state index in [1.165, 1.54) is 12.4 Å². The molecule has 1 N–H and O–H groups in total. The van der Waals surface area contributed by atoms with Crippen LogP contribution in [0.2, 0.25) is 0 Å². The Bertz CT molecular complexity index is 735. The van der Waals surface area contributed by atoms with Gasteiger partial charge < -0.3 is 14.8 Å². The largest absolute Gasteiger partial charge is 0.433 e. The van der Waals surface area contributed by atoms with E-state index in [9.17, 15) is 13.2 Å². The van der Waals surface area contributed by atoms with Gasteiger partial charge in [0.05, 0.1) is 5.60 Å². The second kappa shape index (κ2) is 7.55. The number of ether oxygens (including phenoxy) is 2. The van der Waals surface area contributed by atoms with Gasteiger partial charge in [0.25, 0.3) is 0 Å². The van der Waals surface area contributed by atoms with Crippen LogP contribution in [0.3, 0.4) is 0 Å². The lowest BCUT2D eigenvalue weighted by atomic mass is 9.94. The summed E-state index contributed by atoms with van der Waals surface area (Å²) < 4.78 is 50.6. The Hall–Kier alpha value is -2.26. The van der Waals surface area contributed by atoms with Gasteiger partial charge in [0.15, 0.2) is 11.5 Å². The van der Waals surface area contributed by atoms with Crippen molar-refractivity contribution < 1.29 is 22.6 Å². The fourth-order valence-corrected chi connectivity index (χ4v) is 2.76.